The Bertz CT molecular complexity index is 2410. The average Bonchev–Trinajstić information content (AvgIpc) is 3.67. The van der Waals surface area contributed by atoms with Gasteiger partial charge in [-0.3, -0.25) is 24.5 Å². The molecule has 4 heterocycles. The van der Waals surface area contributed by atoms with E-state index in [-0.39, 0.29) is 42.7 Å². The van der Waals surface area contributed by atoms with Gasteiger partial charge in [-0.25, -0.2) is 4.79 Å². The number of methoxy groups -OCH3 is 1. The van der Waals surface area contributed by atoms with Crippen molar-refractivity contribution in [3.8, 4) is 17.2 Å². The number of nitrogens with zero attached hydrogens (tertiary/aromatic N) is 4. The van der Waals surface area contributed by atoms with Gasteiger partial charge in [-0.2, -0.15) is 0 Å². The zero-order chi connectivity index (χ0) is 37.1. The van der Waals surface area contributed by atoms with Crippen molar-refractivity contribution in [2.75, 3.05) is 12.0 Å². The molecule has 9 rings (SSSR count). The van der Waals surface area contributed by atoms with E-state index in [4.69, 9.17) is 24.2 Å². The number of anilines is 1. The molecule has 0 radical (unpaired) electrons. The Labute approximate surface area is 311 Å². The first-order valence-corrected chi connectivity index (χ1v) is 18.0. The van der Waals surface area contributed by atoms with Crippen molar-refractivity contribution in [1.29, 1.82) is 0 Å². The van der Waals surface area contributed by atoms with Crippen LogP contribution >= 0.6 is 0 Å². The highest BCUT2D eigenvalue weighted by atomic mass is 16.5. The summed E-state index contributed by atoms with van der Waals surface area (Å²) in [6, 6.07) is 19.5. The van der Waals surface area contributed by atoms with Gasteiger partial charge in [0.15, 0.2) is 11.5 Å². The number of hydrogen-bond donors (Lipinski definition) is 1. The van der Waals surface area contributed by atoms with Crippen LogP contribution in [0.15, 0.2) is 100 Å². The highest BCUT2D eigenvalue weighted by Crippen LogP contribution is 2.43. The molecule has 0 aromatic heterocycles. The molecule has 2 atom stereocenters. The molecule has 2 amide bonds. The standard InChI is InChI=1S/C43H36N4O7/c1-24-11-32-34(44-20-30-15-27-7-3-5-9-36(27)46(30)41(32)48)18-38(24)53-22-25-12-26(14-29(13-25)43(50)51)23-54-40-19-35-33(17-39(40)52-2)42(49)47-31(21-45-35)16-28-8-4-6-10-37(28)47/h3-5,7-9,11-14,17-21,30-31H,6,10,15-16,22-23H2,1-2H3,(H,50,51)/t30-,31-/m0/s1. The third kappa shape index (κ3) is 5.72. The van der Waals surface area contributed by atoms with Crippen LogP contribution in [-0.2, 0) is 19.6 Å². The maximum atomic E-state index is 13.8. The van der Waals surface area contributed by atoms with Gasteiger partial charge in [0.25, 0.3) is 11.8 Å². The number of carboxylic acid groups (broad SMARTS) is 1. The quantitative estimate of drug-likeness (QED) is 0.198. The fourth-order valence-electron chi connectivity index (χ4n) is 8.04. The Kier molecular flexibility index (Phi) is 8.14. The van der Waals surface area contributed by atoms with E-state index in [9.17, 15) is 19.5 Å². The average molecular weight is 721 g/mol. The lowest BCUT2D eigenvalue weighted by atomic mass is 10.0. The van der Waals surface area contributed by atoms with Gasteiger partial charge in [0.1, 0.15) is 19.0 Å². The number of hydrogen-bond acceptors (Lipinski definition) is 8. The number of allylic oxidation sites excluding steroid dienone is 3. The number of carbonyl (C=O) groups is 3. The Morgan fingerprint density at radius 1 is 0.815 bits per heavy atom. The van der Waals surface area contributed by atoms with Crippen LogP contribution in [0.1, 0.15) is 72.6 Å². The lowest BCUT2D eigenvalue weighted by molar-refractivity contribution is 0.0695. The van der Waals surface area contributed by atoms with Gasteiger partial charge < -0.3 is 24.2 Å². The molecule has 0 unspecified atom stereocenters. The Morgan fingerprint density at radius 2 is 1.48 bits per heavy atom. The van der Waals surface area contributed by atoms with Gasteiger partial charge in [-0.05, 0) is 84.0 Å². The van der Waals surface area contributed by atoms with Crippen LogP contribution < -0.4 is 19.1 Å². The molecule has 11 nitrogen and oxygen atoms in total. The second kappa shape index (κ2) is 13.2. The Morgan fingerprint density at radius 3 is 2.22 bits per heavy atom. The summed E-state index contributed by atoms with van der Waals surface area (Å²) in [7, 11) is 1.51. The minimum Gasteiger partial charge on any atom is -0.493 e. The third-order valence-corrected chi connectivity index (χ3v) is 10.6. The zero-order valence-electron chi connectivity index (χ0n) is 29.7. The molecule has 0 spiro atoms. The maximum Gasteiger partial charge on any atom is 0.335 e. The molecule has 0 saturated carbocycles. The first kappa shape index (κ1) is 33.4. The topological polar surface area (TPSA) is 130 Å². The minimum atomic E-state index is -1.09. The monoisotopic (exact) mass is 720 g/mol. The highest BCUT2D eigenvalue weighted by molar-refractivity contribution is 6.14. The summed E-state index contributed by atoms with van der Waals surface area (Å²) in [6.07, 6.45) is 11.1. The largest absolute Gasteiger partial charge is 0.493 e. The summed E-state index contributed by atoms with van der Waals surface area (Å²) in [4.78, 5) is 52.8. The first-order valence-electron chi connectivity index (χ1n) is 18.0. The number of aromatic carboxylic acids is 1. The summed E-state index contributed by atoms with van der Waals surface area (Å²) >= 11 is 0. The van der Waals surface area contributed by atoms with Gasteiger partial charge in [0.05, 0.1) is 47.3 Å². The minimum absolute atomic E-state index is 0.0216. The van der Waals surface area contributed by atoms with E-state index in [1.165, 1.54) is 12.7 Å². The fourth-order valence-corrected chi connectivity index (χ4v) is 8.04. The zero-order valence-corrected chi connectivity index (χ0v) is 29.7. The summed E-state index contributed by atoms with van der Waals surface area (Å²) in [5.74, 6) is -0.0266. The van der Waals surface area contributed by atoms with Crippen molar-refractivity contribution in [1.82, 2.24) is 4.90 Å². The second-order valence-electron chi connectivity index (χ2n) is 14.1. The van der Waals surface area contributed by atoms with Gasteiger partial charge >= 0.3 is 5.97 Å². The van der Waals surface area contributed by atoms with Gasteiger partial charge in [-0.1, -0.05) is 30.4 Å². The van der Waals surface area contributed by atoms with Crippen LogP contribution in [0.2, 0.25) is 0 Å². The number of aryl methyl sites for hydroxylation is 1. The number of ether oxygens (including phenoxy) is 3. The SMILES string of the molecule is COc1cc2c(cc1OCc1cc(COc3cc4c(cc3C)C(=O)N3c5ccccc5C[C@H]3C=N4)cc(C(=O)O)c1)N=C[C@@H]1CC3=C(CCC=C3)N1C2=O. The van der Waals surface area contributed by atoms with Crippen LogP contribution in [0.5, 0.6) is 17.2 Å². The number of rotatable bonds is 8. The van der Waals surface area contributed by atoms with Crippen LogP contribution in [0.4, 0.5) is 17.1 Å². The summed E-state index contributed by atoms with van der Waals surface area (Å²) in [6.45, 7) is 1.96. The summed E-state index contributed by atoms with van der Waals surface area (Å²) in [5, 5.41) is 9.96. The van der Waals surface area contributed by atoms with Gasteiger partial charge in [0.2, 0.25) is 0 Å². The number of amides is 2. The molecule has 0 bridgehead atoms. The lowest BCUT2D eigenvalue weighted by Gasteiger charge is -2.25. The predicted octanol–water partition coefficient (Wildman–Crippen LogP) is 7.68. The second-order valence-corrected chi connectivity index (χ2v) is 14.1. The number of carboxylic acids is 1. The summed E-state index contributed by atoms with van der Waals surface area (Å²) < 4.78 is 18.1. The van der Waals surface area contributed by atoms with Crippen LogP contribution in [0.25, 0.3) is 0 Å². The van der Waals surface area contributed by atoms with Crippen LogP contribution in [0, 0.1) is 6.92 Å². The number of fused-ring (bicyclic) bond motifs is 7. The van der Waals surface area contributed by atoms with E-state index in [0.717, 1.165) is 41.8 Å². The molecule has 4 aromatic rings. The molecular weight excluding hydrogens is 684 g/mol. The maximum absolute atomic E-state index is 13.8. The lowest BCUT2D eigenvalue weighted by Crippen LogP contribution is -2.37. The van der Waals surface area contributed by atoms with Crippen molar-refractivity contribution in [2.45, 2.75) is 57.9 Å². The van der Waals surface area contributed by atoms with Crippen LogP contribution in [0.3, 0.4) is 0 Å². The number of aliphatic imine (C=N–C) groups is 2. The number of para-hydroxylation sites is 1. The smallest absolute Gasteiger partial charge is 0.335 e. The number of benzene rings is 4. The van der Waals surface area contributed by atoms with E-state index in [1.54, 1.807) is 36.4 Å². The Balaban J connectivity index is 0.937. The molecule has 0 saturated heterocycles. The van der Waals surface area contributed by atoms with Gasteiger partial charge in [-0.15, -0.1) is 0 Å². The molecule has 270 valence electrons. The predicted molar refractivity (Wildman–Crippen MR) is 203 cm³/mol. The van der Waals surface area contributed by atoms with Crippen molar-refractivity contribution in [3.63, 3.8) is 0 Å². The van der Waals surface area contributed by atoms with Gasteiger partial charge in [0, 0.05) is 48.8 Å². The van der Waals surface area contributed by atoms with Crippen molar-refractivity contribution in [3.05, 3.63) is 129 Å². The van der Waals surface area contributed by atoms with E-state index >= 15 is 0 Å². The molecule has 0 fully saturated rings. The molecular formula is C43H36N4O7. The first-order chi connectivity index (χ1) is 26.2. The van der Waals surface area contributed by atoms with E-state index in [2.05, 4.69) is 12.2 Å². The molecule has 1 N–H and O–H groups in total. The molecule has 11 heteroatoms. The van der Waals surface area contributed by atoms with Crippen molar-refractivity contribution < 1.29 is 33.7 Å². The van der Waals surface area contributed by atoms with E-state index in [1.807, 2.05) is 59.5 Å². The van der Waals surface area contributed by atoms with Crippen molar-refractivity contribution in [2.24, 2.45) is 9.98 Å². The normalized spacial score (nSPS) is 19.0. The molecule has 5 aliphatic rings. The third-order valence-electron chi connectivity index (χ3n) is 10.6. The highest BCUT2D eigenvalue weighted by Gasteiger charge is 2.39. The van der Waals surface area contributed by atoms with Crippen LogP contribution in [-0.4, -0.2) is 59.4 Å². The molecule has 1 aliphatic carbocycles. The molecule has 4 aromatic carbocycles. The van der Waals surface area contributed by atoms with E-state index < -0.39 is 5.97 Å². The summed E-state index contributed by atoms with van der Waals surface area (Å²) in [5.41, 5.74) is 8.26. The molecule has 4 aliphatic heterocycles. The molecule has 54 heavy (non-hydrogen) atoms. The number of carbonyl (C=O) groups excluding carboxylic acids is 2. The van der Waals surface area contributed by atoms with E-state index in [0.29, 0.717) is 57.3 Å². The van der Waals surface area contributed by atoms with Crippen molar-refractivity contribution >= 4 is 47.3 Å². The Hall–Kier alpha value is -6.49. The fraction of sp³-hybridized carbons (Fsp3) is 0.233.